The maximum absolute atomic E-state index is 13.4. The number of carbonyl (C=O) groups excluding carboxylic acids is 1. The lowest BCUT2D eigenvalue weighted by Crippen LogP contribution is -2.47. The van der Waals surface area contributed by atoms with E-state index in [0.717, 1.165) is 17.8 Å². The first-order chi connectivity index (χ1) is 12.7. The Morgan fingerprint density at radius 3 is 3.04 bits per heavy atom. The van der Waals surface area contributed by atoms with Crippen molar-refractivity contribution in [1.29, 1.82) is 0 Å². The number of imidazole rings is 1. The fourth-order valence-corrected chi connectivity index (χ4v) is 3.56. The number of rotatable bonds is 4. The predicted molar refractivity (Wildman–Crippen MR) is 94.5 cm³/mol. The molecule has 7 nitrogen and oxygen atoms in total. The van der Waals surface area contributed by atoms with Gasteiger partial charge in [0.2, 0.25) is 0 Å². The Hall–Kier alpha value is -2.54. The number of nitrogens with zero attached hydrogens (tertiary/aromatic N) is 3. The number of amides is 1. The van der Waals surface area contributed by atoms with Crippen molar-refractivity contribution < 1.29 is 19.0 Å². The summed E-state index contributed by atoms with van der Waals surface area (Å²) in [6.07, 6.45) is 2.53. The molecule has 0 fully saturated rings. The molecule has 3 heterocycles. The van der Waals surface area contributed by atoms with Gasteiger partial charge in [-0.25, -0.2) is 4.98 Å². The smallest absolute Gasteiger partial charge is 0.258 e. The molecule has 0 unspecified atom stereocenters. The zero-order valence-corrected chi connectivity index (χ0v) is 15.1. The average molecular weight is 357 g/mol. The largest absolute Gasteiger partial charge is 0.486 e. The zero-order valence-electron chi connectivity index (χ0n) is 15.1. The summed E-state index contributed by atoms with van der Waals surface area (Å²) in [6.45, 7) is 4.50. The van der Waals surface area contributed by atoms with Crippen molar-refractivity contribution in [1.82, 2.24) is 14.5 Å². The van der Waals surface area contributed by atoms with Gasteiger partial charge in [0.1, 0.15) is 13.2 Å². The molecule has 1 aromatic heterocycles. The van der Waals surface area contributed by atoms with Crippen LogP contribution in [0.4, 0.5) is 0 Å². The van der Waals surface area contributed by atoms with Gasteiger partial charge in [0.25, 0.3) is 5.91 Å². The van der Waals surface area contributed by atoms with E-state index >= 15 is 0 Å². The molecule has 1 amide bonds. The summed E-state index contributed by atoms with van der Waals surface area (Å²) in [5.74, 6) is 1.08. The standard InChI is InChI=1S/C19H23N3O4/c1-3-24-11-13-9-16-15(20-12-21(16)2)10-22(13)19(23)14-5-4-6-17-18(14)26-8-7-25-17/h4-6,12-13H,3,7-11H2,1-2H3/t13-/m0/s1. The molecule has 2 aromatic rings. The number of aryl methyl sites for hydroxylation is 1. The van der Waals surface area contributed by atoms with E-state index in [1.54, 1.807) is 12.4 Å². The summed E-state index contributed by atoms with van der Waals surface area (Å²) in [5.41, 5.74) is 2.63. The number of carbonyl (C=O) groups is 1. The lowest BCUT2D eigenvalue weighted by Gasteiger charge is -2.36. The van der Waals surface area contributed by atoms with Crippen LogP contribution in [0.15, 0.2) is 24.5 Å². The van der Waals surface area contributed by atoms with Crippen molar-refractivity contribution in [3.63, 3.8) is 0 Å². The van der Waals surface area contributed by atoms with E-state index in [9.17, 15) is 4.79 Å². The normalized spacial score (nSPS) is 18.5. The van der Waals surface area contributed by atoms with E-state index in [2.05, 4.69) is 4.98 Å². The summed E-state index contributed by atoms with van der Waals surface area (Å²) in [4.78, 5) is 19.7. The van der Waals surface area contributed by atoms with Crippen LogP contribution in [0.5, 0.6) is 11.5 Å². The number of ether oxygens (including phenoxy) is 3. The Morgan fingerprint density at radius 1 is 1.35 bits per heavy atom. The molecule has 0 saturated heterocycles. The van der Waals surface area contributed by atoms with Gasteiger partial charge < -0.3 is 23.7 Å². The van der Waals surface area contributed by atoms with E-state index in [1.807, 2.05) is 35.6 Å². The van der Waals surface area contributed by atoms with Gasteiger partial charge >= 0.3 is 0 Å². The molecule has 0 N–H and O–H groups in total. The lowest BCUT2D eigenvalue weighted by atomic mass is 10.0. The Labute approximate surface area is 152 Å². The summed E-state index contributed by atoms with van der Waals surface area (Å²) >= 11 is 0. The van der Waals surface area contributed by atoms with Crippen molar-refractivity contribution in [2.45, 2.75) is 25.9 Å². The monoisotopic (exact) mass is 357 g/mol. The Balaban J connectivity index is 1.67. The van der Waals surface area contributed by atoms with Gasteiger partial charge in [-0.2, -0.15) is 0 Å². The molecule has 138 valence electrons. The summed E-state index contributed by atoms with van der Waals surface area (Å²) in [5, 5.41) is 0. The lowest BCUT2D eigenvalue weighted by molar-refractivity contribution is 0.0381. The zero-order chi connectivity index (χ0) is 18.1. The summed E-state index contributed by atoms with van der Waals surface area (Å²) < 4.78 is 19.0. The fourth-order valence-electron chi connectivity index (χ4n) is 3.56. The Bertz CT molecular complexity index is 817. The third-order valence-electron chi connectivity index (χ3n) is 4.91. The number of hydrogen-bond acceptors (Lipinski definition) is 5. The third-order valence-corrected chi connectivity index (χ3v) is 4.91. The van der Waals surface area contributed by atoms with Crippen molar-refractivity contribution >= 4 is 5.91 Å². The Kier molecular flexibility index (Phi) is 4.55. The number of fused-ring (bicyclic) bond motifs is 2. The van der Waals surface area contributed by atoms with E-state index in [0.29, 0.717) is 50.0 Å². The van der Waals surface area contributed by atoms with Crippen molar-refractivity contribution in [2.75, 3.05) is 26.4 Å². The number of para-hydroxylation sites is 1. The molecule has 0 radical (unpaired) electrons. The van der Waals surface area contributed by atoms with Gasteiger partial charge in [-0.05, 0) is 19.1 Å². The first-order valence-electron chi connectivity index (χ1n) is 8.95. The van der Waals surface area contributed by atoms with Crippen LogP contribution in [0, 0.1) is 0 Å². The maximum Gasteiger partial charge on any atom is 0.258 e. The Morgan fingerprint density at radius 2 is 2.19 bits per heavy atom. The second-order valence-corrected chi connectivity index (χ2v) is 6.53. The highest BCUT2D eigenvalue weighted by atomic mass is 16.6. The highest BCUT2D eigenvalue weighted by Gasteiger charge is 2.34. The number of benzene rings is 1. The highest BCUT2D eigenvalue weighted by molar-refractivity contribution is 5.98. The van der Waals surface area contributed by atoms with Gasteiger partial charge in [0.15, 0.2) is 11.5 Å². The van der Waals surface area contributed by atoms with Crippen molar-refractivity contribution in [2.24, 2.45) is 7.05 Å². The molecule has 26 heavy (non-hydrogen) atoms. The molecule has 1 atom stereocenters. The summed E-state index contributed by atoms with van der Waals surface area (Å²) in [6, 6.07) is 5.41. The van der Waals surface area contributed by atoms with E-state index in [1.165, 1.54) is 0 Å². The molecule has 0 aliphatic carbocycles. The fraction of sp³-hybridized carbons (Fsp3) is 0.474. The molecule has 7 heteroatoms. The van der Waals surface area contributed by atoms with Gasteiger partial charge in [-0.15, -0.1) is 0 Å². The second kappa shape index (κ2) is 6.99. The van der Waals surface area contributed by atoms with Crippen LogP contribution in [0.2, 0.25) is 0 Å². The van der Waals surface area contributed by atoms with Crippen LogP contribution in [-0.2, 0) is 24.8 Å². The predicted octanol–water partition coefficient (Wildman–Crippen LogP) is 1.79. The first-order valence-corrected chi connectivity index (χ1v) is 8.95. The minimum atomic E-state index is -0.0756. The van der Waals surface area contributed by atoms with Crippen LogP contribution in [0.1, 0.15) is 28.7 Å². The molecule has 0 saturated carbocycles. The van der Waals surface area contributed by atoms with E-state index in [-0.39, 0.29) is 11.9 Å². The second-order valence-electron chi connectivity index (χ2n) is 6.53. The molecule has 1 aromatic carbocycles. The van der Waals surface area contributed by atoms with Crippen LogP contribution in [0.25, 0.3) is 0 Å². The maximum atomic E-state index is 13.4. The quantitative estimate of drug-likeness (QED) is 0.835. The molecule has 0 bridgehead atoms. The average Bonchev–Trinajstić information content (AvgIpc) is 3.04. The van der Waals surface area contributed by atoms with Gasteiger partial charge in [0, 0.05) is 25.8 Å². The number of aromatic nitrogens is 2. The molecular weight excluding hydrogens is 334 g/mol. The molecule has 2 aliphatic heterocycles. The van der Waals surface area contributed by atoms with E-state index in [4.69, 9.17) is 14.2 Å². The van der Waals surface area contributed by atoms with Crippen LogP contribution < -0.4 is 9.47 Å². The molecule has 4 rings (SSSR count). The van der Waals surface area contributed by atoms with Crippen LogP contribution >= 0.6 is 0 Å². The van der Waals surface area contributed by atoms with Gasteiger partial charge in [-0.1, -0.05) is 6.07 Å². The topological polar surface area (TPSA) is 65.8 Å². The number of hydrogen-bond donors (Lipinski definition) is 0. The molecule has 0 spiro atoms. The minimum absolute atomic E-state index is 0.0364. The van der Waals surface area contributed by atoms with Gasteiger partial charge in [-0.3, -0.25) is 4.79 Å². The van der Waals surface area contributed by atoms with E-state index < -0.39 is 0 Å². The van der Waals surface area contributed by atoms with Crippen molar-refractivity contribution in [3.05, 3.63) is 41.5 Å². The van der Waals surface area contributed by atoms with Crippen LogP contribution in [0.3, 0.4) is 0 Å². The first kappa shape index (κ1) is 16.9. The highest BCUT2D eigenvalue weighted by Crippen LogP contribution is 2.35. The molecular formula is C19H23N3O4. The minimum Gasteiger partial charge on any atom is -0.486 e. The molecule has 2 aliphatic rings. The summed E-state index contributed by atoms with van der Waals surface area (Å²) in [7, 11) is 1.99. The van der Waals surface area contributed by atoms with Crippen molar-refractivity contribution in [3.8, 4) is 11.5 Å². The third kappa shape index (κ3) is 2.92. The van der Waals surface area contributed by atoms with Crippen LogP contribution in [-0.4, -0.2) is 52.8 Å². The SMILES string of the molecule is CCOC[C@@H]1Cc2c(ncn2C)CN1C(=O)c1cccc2c1OCCO2. The van der Waals surface area contributed by atoms with Gasteiger partial charge in [0.05, 0.1) is 36.8 Å².